The molecule has 0 aromatic carbocycles. The number of piperidine rings is 1. The standard InChI is InChI=1S/C17H25N5O4S.ClH/c1-25-10-13-19-20-16(27-13)22-9-12(8-14(22)23)15(24)21-6-7-26-17(11-21)2-4-18-5-3-17;/h12,18H,2-11H2,1H3;1H. The van der Waals surface area contributed by atoms with Gasteiger partial charge in [0.05, 0.1) is 18.1 Å². The lowest BCUT2D eigenvalue weighted by Crippen LogP contribution is -2.58. The van der Waals surface area contributed by atoms with Crippen LogP contribution in [0.25, 0.3) is 0 Å². The first-order valence-electron chi connectivity index (χ1n) is 9.35. The molecule has 3 fully saturated rings. The van der Waals surface area contributed by atoms with Crippen LogP contribution in [0, 0.1) is 5.92 Å². The van der Waals surface area contributed by atoms with Crippen molar-refractivity contribution in [2.24, 2.45) is 5.92 Å². The van der Waals surface area contributed by atoms with Crippen LogP contribution in [0.1, 0.15) is 24.3 Å². The van der Waals surface area contributed by atoms with Crippen molar-refractivity contribution in [3.8, 4) is 0 Å². The van der Waals surface area contributed by atoms with E-state index in [0.29, 0.717) is 38.0 Å². The summed E-state index contributed by atoms with van der Waals surface area (Å²) in [6, 6.07) is 0. The number of aromatic nitrogens is 2. The number of hydrogen-bond acceptors (Lipinski definition) is 8. The van der Waals surface area contributed by atoms with Crippen LogP contribution >= 0.6 is 23.7 Å². The molecule has 9 nitrogen and oxygen atoms in total. The molecule has 1 unspecified atom stereocenters. The summed E-state index contributed by atoms with van der Waals surface area (Å²) in [7, 11) is 1.59. The first-order chi connectivity index (χ1) is 13.1. The maximum atomic E-state index is 13.1. The van der Waals surface area contributed by atoms with Gasteiger partial charge in [0.2, 0.25) is 16.9 Å². The van der Waals surface area contributed by atoms with Crippen LogP contribution in [-0.2, 0) is 25.7 Å². The average molecular weight is 432 g/mol. The number of carbonyl (C=O) groups is 2. The third-order valence-corrected chi connectivity index (χ3v) is 6.42. The lowest BCUT2D eigenvalue weighted by Gasteiger charge is -2.45. The molecular formula is C17H26ClN5O4S. The van der Waals surface area contributed by atoms with Crippen LogP contribution in [0.15, 0.2) is 0 Å². The van der Waals surface area contributed by atoms with E-state index >= 15 is 0 Å². The highest BCUT2D eigenvalue weighted by molar-refractivity contribution is 7.15. The first-order valence-corrected chi connectivity index (χ1v) is 10.2. The Balaban J connectivity index is 0.00000225. The Kier molecular flexibility index (Phi) is 6.87. The number of morpholine rings is 1. The minimum Gasteiger partial charge on any atom is -0.377 e. The summed E-state index contributed by atoms with van der Waals surface area (Å²) in [5, 5.41) is 12.7. The van der Waals surface area contributed by atoms with Crippen molar-refractivity contribution in [1.82, 2.24) is 20.4 Å². The van der Waals surface area contributed by atoms with Crippen molar-refractivity contribution >= 4 is 40.7 Å². The third-order valence-electron chi connectivity index (χ3n) is 5.50. The molecule has 1 spiro atoms. The molecule has 1 aromatic rings. The molecule has 0 saturated carbocycles. The van der Waals surface area contributed by atoms with Gasteiger partial charge in [-0.2, -0.15) is 0 Å². The van der Waals surface area contributed by atoms with Crippen LogP contribution in [0.2, 0.25) is 0 Å². The molecule has 0 bridgehead atoms. The normalized spacial score (nSPS) is 24.5. The summed E-state index contributed by atoms with van der Waals surface area (Å²) >= 11 is 1.33. The fourth-order valence-corrected chi connectivity index (χ4v) is 4.91. The first kappa shape index (κ1) is 21.4. The summed E-state index contributed by atoms with van der Waals surface area (Å²) < 4.78 is 11.1. The lowest BCUT2D eigenvalue weighted by molar-refractivity contribution is -0.158. The second kappa shape index (κ2) is 9.00. The Morgan fingerprint density at radius 1 is 1.39 bits per heavy atom. The van der Waals surface area contributed by atoms with Gasteiger partial charge in [-0.3, -0.25) is 14.5 Å². The number of ether oxygens (including phenoxy) is 2. The molecule has 3 aliphatic rings. The van der Waals surface area contributed by atoms with Gasteiger partial charge in [0.1, 0.15) is 11.6 Å². The minimum atomic E-state index is -0.329. The number of hydrogen-bond donors (Lipinski definition) is 1. The topological polar surface area (TPSA) is 96.9 Å². The molecule has 4 heterocycles. The van der Waals surface area contributed by atoms with Crippen LogP contribution in [0.4, 0.5) is 5.13 Å². The van der Waals surface area contributed by atoms with Gasteiger partial charge in [-0.15, -0.1) is 22.6 Å². The van der Waals surface area contributed by atoms with E-state index in [4.69, 9.17) is 9.47 Å². The van der Waals surface area contributed by atoms with E-state index in [1.54, 1.807) is 12.0 Å². The van der Waals surface area contributed by atoms with Crippen LogP contribution in [0.5, 0.6) is 0 Å². The van der Waals surface area contributed by atoms with E-state index in [9.17, 15) is 9.59 Å². The summed E-state index contributed by atoms with van der Waals surface area (Å²) in [6.07, 6.45) is 2.06. The van der Waals surface area contributed by atoms with E-state index < -0.39 is 0 Å². The number of halogens is 1. The van der Waals surface area contributed by atoms with Gasteiger partial charge in [0.25, 0.3) is 0 Å². The fraction of sp³-hybridized carbons (Fsp3) is 0.765. The number of amides is 2. The molecule has 1 atom stereocenters. The van der Waals surface area contributed by atoms with Gasteiger partial charge < -0.3 is 19.7 Å². The summed E-state index contributed by atoms with van der Waals surface area (Å²) in [5.74, 6) is -0.351. The summed E-state index contributed by atoms with van der Waals surface area (Å²) in [5.41, 5.74) is -0.226. The molecule has 0 aliphatic carbocycles. The highest BCUT2D eigenvalue weighted by Crippen LogP contribution is 2.32. The predicted molar refractivity (Wildman–Crippen MR) is 106 cm³/mol. The number of rotatable bonds is 4. The van der Waals surface area contributed by atoms with Gasteiger partial charge >= 0.3 is 0 Å². The molecule has 1 aromatic heterocycles. The minimum absolute atomic E-state index is 0. The number of nitrogens with one attached hydrogen (secondary N) is 1. The SMILES string of the molecule is COCc1nnc(N2CC(C(=O)N3CCOC4(CCNCC4)C3)CC2=O)s1.Cl. The van der Waals surface area contributed by atoms with Gasteiger partial charge in [-0.1, -0.05) is 11.3 Å². The summed E-state index contributed by atoms with van der Waals surface area (Å²) in [6.45, 7) is 4.34. The average Bonchev–Trinajstić information content (AvgIpc) is 3.28. The number of nitrogens with zero attached hydrogens (tertiary/aromatic N) is 4. The molecule has 2 amide bonds. The fourth-order valence-electron chi connectivity index (χ4n) is 4.07. The van der Waals surface area contributed by atoms with E-state index in [2.05, 4.69) is 15.5 Å². The van der Waals surface area contributed by atoms with E-state index in [-0.39, 0.29) is 42.2 Å². The summed E-state index contributed by atoms with van der Waals surface area (Å²) in [4.78, 5) is 29.0. The maximum absolute atomic E-state index is 13.1. The second-order valence-electron chi connectivity index (χ2n) is 7.36. The van der Waals surface area contributed by atoms with Crippen molar-refractivity contribution in [2.75, 3.05) is 51.3 Å². The number of anilines is 1. The monoisotopic (exact) mass is 431 g/mol. The van der Waals surface area contributed by atoms with Crippen molar-refractivity contribution in [2.45, 2.75) is 31.5 Å². The molecule has 1 N–H and O–H groups in total. The number of carbonyl (C=O) groups excluding carboxylic acids is 2. The van der Waals surface area contributed by atoms with E-state index in [1.165, 1.54) is 11.3 Å². The van der Waals surface area contributed by atoms with Crippen molar-refractivity contribution in [1.29, 1.82) is 0 Å². The van der Waals surface area contributed by atoms with Gasteiger partial charge in [0.15, 0.2) is 0 Å². The zero-order valence-electron chi connectivity index (χ0n) is 15.9. The highest BCUT2D eigenvalue weighted by Gasteiger charge is 2.43. The highest BCUT2D eigenvalue weighted by atomic mass is 35.5. The molecule has 11 heteroatoms. The van der Waals surface area contributed by atoms with Gasteiger partial charge in [0, 0.05) is 33.2 Å². The molecule has 156 valence electrons. The Hall–Kier alpha value is -1.33. The second-order valence-corrected chi connectivity index (χ2v) is 8.40. The Bertz CT molecular complexity index is 706. The van der Waals surface area contributed by atoms with Crippen molar-refractivity contribution < 1.29 is 19.1 Å². The van der Waals surface area contributed by atoms with Crippen LogP contribution in [0.3, 0.4) is 0 Å². The molecule has 28 heavy (non-hydrogen) atoms. The number of methoxy groups -OCH3 is 1. The largest absolute Gasteiger partial charge is 0.377 e. The molecular weight excluding hydrogens is 406 g/mol. The van der Waals surface area contributed by atoms with Crippen LogP contribution < -0.4 is 10.2 Å². The maximum Gasteiger partial charge on any atom is 0.229 e. The quantitative estimate of drug-likeness (QED) is 0.738. The van der Waals surface area contributed by atoms with Gasteiger partial charge in [-0.05, 0) is 25.9 Å². The molecule has 3 saturated heterocycles. The van der Waals surface area contributed by atoms with Crippen LogP contribution in [-0.4, -0.2) is 79.0 Å². The van der Waals surface area contributed by atoms with Gasteiger partial charge in [-0.25, -0.2) is 0 Å². The Morgan fingerprint density at radius 3 is 2.93 bits per heavy atom. The van der Waals surface area contributed by atoms with Crippen molar-refractivity contribution in [3.63, 3.8) is 0 Å². The van der Waals surface area contributed by atoms with E-state index in [1.807, 2.05) is 4.90 Å². The Labute approximate surface area is 174 Å². The zero-order chi connectivity index (χ0) is 18.9. The van der Waals surface area contributed by atoms with E-state index in [0.717, 1.165) is 30.9 Å². The van der Waals surface area contributed by atoms with Crippen molar-refractivity contribution in [3.05, 3.63) is 5.01 Å². The molecule has 3 aliphatic heterocycles. The third kappa shape index (κ3) is 4.30. The zero-order valence-corrected chi connectivity index (χ0v) is 17.5. The lowest BCUT2D eigenvalue weighted by atomic mass is 9.90. The molecule has 0 radical (unpaired) electrons. The predicted octanol–water partition coefficient (Wildman–Crippen LogP) is 0.440. The molecule has 4 rings (SSSR count). The Morgan fingerprint density at radius 2 is 2.18 bits per heavy atom. The smallest absolute Gasteiger partial charge is 0.229 e.